The standard InChI is InChI=1S/C23H32O5/c1-6-7-8-9-14-12-15-17(19(24)16(14)21(25)26)18-20(28-15)23(5,27)11-10-22(18,4)13(2)3/h12,18,20,24,27H,2,6-11H2,1,3-5H3,(H,25,26)/t18?,20?,22-,23-/m0/s1. The average Bonchev–Trinajstić information content (AvgIpc) is 3.00. The SMILES string of the molecule is C=C(C)[C@]1(C)CC[C@](C)(O)C2Oc3cc(CCCCC)c(C(=O)O)c(O)c3C21. The van der Waals surface area contributed by atoms with Gasteiger partial charge in [-0.25, -0.2) is 4.79 Å². The van der Waals surface area contributed by atoms with Gasteiger partial charge in [-0.3, -0.25) is 0 Å². The first-order valence-electron chi connectivity index (χ1n) is 10.2. The van der Waals surface area contributed by atoms with Gasteiger partial charge in [0.05, 0.1) is 5.60 Å². The Bertz CT molecular complexity index is 810. The highest BCUT2D eigenvalue weighted by molar-refractivity contribution is 5.94. The molecule has 5 heteroatoms. The van der Waals surface area contributed by atoms with E-state index >= 15 is 0 Å². The van der Waals surface area contributed by atoms with Crippen LogP contribution in [0.25, 0.3) is 0 Å². The van der Waals surface area contributed by atoms with E-state index in [-0.39, 0.29) is 17.2 Å². The predicted octanol–water partition coefficient (Wildman–Crippen LogP) is 4.79. The maximum atomic E-state index is 12.0. The minimum atomic E-state index is -1.13. The molecule has 3 rings (SSSR count). The van der Waals surface area contributed by atoms with Crippen LogP contribution in [0.1, 0.15) is 87.2 Å². The van der Waals surface area contributed by atoms with Crippen molar-refractivity contribution in [3.05, 3.63) is 34.9 Å². The predicted molar refractivity (Wildman–Crippen MR) is 108 cm³/mol. The second-order valence-corrected chi connectivity index (χ2v) is 9.00. The van der Waals surface area contributed by atoms with Gasteiger partial charge >= 0.3 is 5.97 Å². The van der Waals surface area contributed by atoms with Gasteiger partial charge in [-0.2, -0.15) is 0 Å². The topological polar surface area (TPSA) is 87.0 Å². The fraction of sp³-hybridized carbons (Fsp3) is 0.609. The van der Waals surface area contributed by atoms with Crippen LogP contribution in [0.15, 0.2) is 18.2 Å². The molecule has 0 aromatic heterocycles. The van der Waals surface area contributed by atoms with Crippen LogP contribution in [0.3, 0.4) is 0 Å². The number of hydrogen-bond donors (Lipinski definition) is 3. The molecule has 1 saturated carbocycles. The molecule has 3 N–H and O–H groups in total. The number of allylic oxidation sites excluding steroid dienone is 1. The first kappa shape index (κ1) is 20.7. The number of carboxylic acids is 1. The molecule has 154 valence electrons. The minimum Gasteiger partial charge on any atom is -0.507 e. The van der Waals surface area contributed by atoms with Gasteiger partial charge in [0, 0.05) is 11.5 Å². The Kier molecular flexibility index (Phi) is 5.26. The Hall–Kier alpha value is -2.01. The van der Waals surface area contributed by atoms with Crippen molar-refractivity contribution in [3.8, 4) is 11.5 Å². The van der Waals surface area contributed by atoms with Crippen LogP contribution >= 0.6 is 0 Å². The largest absolute Gasteiger partial charge is 0.507 e. The quantitative estimate of drug-likeness (QED) is 0.481. The summed E-state index contributed by atoms with van der Waals surface area (Å²) >= 11 is 0. The molecule has 1 aliphatic heterocycles. The Morgan fingerprint density at radius 3 is 2.57 bits per heavy atom. The summed E-state index contributed by atoms with van der Waals surface area (Å²) in [5.74, 6) is -1.19. The monoisotopic (exact) mass is 388 g/mol. The molecule has 1 aromatic rings. The van der Waals surface area contributed by atoms with E-state index < -0.39 is 23.1 Å². The third-order valence-electron chi connectivity index (χ3n) is 6.94. The van der Waals surface area contributed by atoms with Gasteiger partial charge in [-0.15, -0.1) is 0 Å². The van der Waals surface area contributed by atoms with Gasteiger partial charge in [0.25, 0.3) is 0 Å². The Morgan fingerprint density at radius 1 is 1.32 bits per heavy atom. The first-order chi connectivity index (χ1) is 13.0. The number of rotatable bonds is 6. The summed E-state index contributed by atoms with van der Waals surface area (Å²) < 4.78 is 6.19. The highest BCUT2D eigenvalue weighted by atomic mass is 16.5. The molecule has 0 amide bonds. The summed E-state index contributed by atoms with van der Waals surface area (Å²) in [4.78, 5) is 12.0. The van der Waals surface area contributed by atoms with Gasteiger partial charge in [-0.05, 0) is 56.6 Å². The molecule has 0 bridgehead atoms. The van der Waals surface area contributed by atoms with Crippen LogP contribution in [0.5, 0.6) is 11.5 Å². The molecule has 4 atom stereocenters. The first-order valence-corrected chi connectivity index (χ1v) is 10.2. The van der Waals surface area contributed by atoms with Crippen LogP contribution in [0, 0.1) is 5.41 Å². The number of ether oxygens (including phenoxy) is 1. The van der Waals surface area contributed by atoms with Crippen LogP contribution in [-0.2, 0) is 6.42 Å². The van der Waals surface area contributed by atoms with Gasteiger partial charge in [0.15, 0.2) is 0 Å². The summed E-state index contributed by atoms with van der Waals surface area (Å²) in [6.45, 7) is 12.0. The molecular weight excluding hydrogens is 356 g/mol. The Labute approximate surface area is 167 Å². The second-order valence-electron chi connectivity index (χ2n) is 9.00. The fourth-order valence-electron chi connectivity index (χ4n) is 4.90. The van der Waals surface area contributed by atoms with E-state index in [1.807, 2.05) is 6.92 Å². The smallest absolute Gasteiger partial charge is 0.339 e. The normalized spacial score (nSPS) is 31.0. The summed E-state index contributed by atoms with van der Waals surface area (Å²) in [5.41, 5.74) is 0.553. The molecule has 2 unspecified atom stereocenters. The lowest BCUT2D eigenvalue weighted by molar-refractivity contribution is -0.0990. The molecule has 1 heterocycles. The van der Waals surface area contributed by atoms with Crippen molar-refractivity contribution in [3.63, 3.8) is 0 Å². The highest BCUT2D eigenvalue weighted by Gasteiger charge is 2.58. The number of carboxylic acid groups (broad SMARTS) is 1. The summed E-state index contributed by atoms with van der Waals surface area (Å²) in [7, 11) is 0. The number of carbonyl (C=O) groups is 1. The molecule has 28 heavy (non-hydrogen) atoms. The lowest BCUT2D eigenvalue weighted by Gasteiger charge is -2.49. The number of phenols is 1. The van der Waals surface area contributed by atoms with E-state index in [0.29, 0.717) is 36.1 Å². The summed E-state index contributed by atoms with van der Waals surface area (Å²) in [6, 6.07) is 1.77. The number of aromatic hydroxyl groups is 1. The fourth-order valence-corrected chi connectivity index (χ4v) is 4.90. The lowest BCUT2D eigenvalue weighted by Crippen LogP contribution is -2.53. The zero-order chi connectivity index (χ0) is 20.9. The second kappa shape index (κ2) is 7.11. The lowest BCUT2D eigenvalue weighted by atomic mass is 9.57. The van der Waals surface area contributed by atoms with E-state index in [1.165, 1.54) is 0 Å². The molecule has 5 nitrogen and oxygen atoms in total. The van der Waals surface area contributed by atoms with Gasteiger partial charge in [-0.1, -0.05) is 38.8 Å². The van der Waals surface area contributed by atoms with Crippen LogP contribution in [0.4, 0.5) is 0 Å². The number of aryl methyl sites for hydroxylation is 1. The number of fused-ring (bicyclic) bond motifs is 3. The molecule has 1 fully saturated rings. The number of aliphatic hydroxyl groups is 1. The Morgan fingerprint density at radius 2 is 2.00 bits per heavy atom. The van der Waals surface area contributed by atoms with E-state index in [0.717, 1.165) is 24.8 Å². The zero-order valence-electron chi connectivity index (χ0n) is 17.3. The van der Waals surface area contributed by atoms with Crippen molar-refractivity contribution >= 4 is 5.97 Å². The number of unbranched alkanes of at least 4 members (excludes halogenated alkanes) is 2. The molecule has 0 spiro atoms. The average molecular weight is 389 g/mol. The zero-order valence-corrected chi connectivity index (χ0v) is 17.3. The Balaban J connectivity index is 2.18. The van der Waals surface area contributed by atoms with Crippen molar-refractivity contribution in [1.29, 1.82) is 0 Å². The number of benzene rings is 1. The highest BCUT2D eigenvalue weighted by Crippen LogP contribution is 2.62. The third kappa shape index (κ3) is 3.10. The van der Waals surface area contributed by atoms with Crippen molar-refractivity contribution in [2.75, 3.05) is 0 Å². The van der Waals surface area contributed by atoms with Crippen LogP contribution in [0.2, 0.25) is 0 Å². The molecule has 1 aromatic carbocycles. The maximum Gasteiger partial charge on any atom is 0.339 e. The van der Waals surface area contributed by atoms with E-state index in [4.69, 9.17) is 4.74 Å². The van der Waals surface area contributed by atoms with Crippen LogP contribution in [-0.4, -0.2) is 33.0 Å². The van der Waals surface area contributed by atoms with Gasteiger partial charge in [0.1, 0.15) is 23.2 Å². The number of hydrogen-bond acceptors (Lipinski definition) is 4. The van der Waals surface area contributed by atoms with E-state index in [9.17, 15) is 20.1 Å². The molecule has 2 aliphatic rings. The molecule has 0 radical (unpaired) electrons. The molecule has 0 saturated heterocycles. The molecular formula is C23H32O5. The summed E-state index contributed by atoms with van der Waals surface area (Å²) in [6.07, 6.45) is 4.15. The summed E-state index contributed by atoms with van der Waals surface area (Å²) in [5, 5.41) is 31.9. The van der Waals surface area contributed by atoms with E-state index in [2.05, 4.69) is 20.4 Å². The third-order valence-corrected chi connectivity index (χ3v) is 6.94. The number of aromatic carboxylic acids is 1. The van der Waals surface area contributed by atoms with Gasteiger partial charge < -0.3 is 20.1 Å². The van der Waals surface area contributed by atoms with Crippen molar-refractivity contribution in [2.45, 2.75) is 83.8 Å². The van der Waals surface area contributed by atoms with Crippen molar-refractivity contribution in [2.24, 2.45) is 5.41 Å². The van der Waals surface area contributed by atoms with Gasteiger partial charge in [0.2, 0.25) is 0 Å². The molecule has 1 aliphatic carbocycles. The van der Waals surface area contributed by atoms with Crippen LogP contribution < -0.4 is 4.74 Å². The van der Waals surface area contributed by atoms with E-state index in [1.54, 1.807) is 13.0 Å². The van der Waals surface area contributed by atoms with Crippen molar-refractivity contribution in [1.82, 2.24) is 0 Å². The van der Waals surface area contributed by atoms with Crippen molar-refractivity contribution < 1.29 is 24.9 Å². The maximum absolute atomic E-state index is 12.0. The minimum absolute atomic E-state index is 0.0339.